The zero-order chi connectivity index (χ0) is 15.4. The summed E-state index contributed by atoms with van der Waals surface area (Å²) >= 11 is 0. The number of amides is 1. The molecule has 5 nitrogen and oxygen atoms in total. The molecular formula is C17H15N3O2. The van der Waals surface area contributed by atoms with Crippen LogP contribution in [0, 0.1) is 0 Å². The fraction of sp³-hybridized carbons (Fsp3) is 0.118. The Morgan fingerprint density at radius 3 is 2.64 bits per heavy atom. The summed E-state index contributed by atoms with van der Waals surface area (Å²) in [5.41, 5.74) is 0.996. The van der Waals surface area contributed by atoms with Crippen LogP contribution in [0.2, 0.25) is 0 Å². The molecule has 22 heavy (non-hydrogen) atoms. The molecule has 0 radical (unpaired) electrons. The van der Waals surface area contributed by atoms with Crippen molar-refractivity contribution in [2.45, 2.75) is 6.92 Å². The third-order valence-electron chi connectivity index (χ3n) is 3.20. The van der Waals surface area contributed by atoms with Crippen LogP contribution in [0.5, 0.6) is 5.88 Å². The van der Waals surface area contributed by atoms with Gasteiger partial charge in [-0.1, -0.05) is 36.4 Å². The lowest BCUT2D eigenvalue weighted by atomic mass is 10.1. The lowest BCUT2D eigenvalue weighted by molar-refractivity contribution is 0.102. The van der Waals surface area contributed by atoms with Crippen LogP contribution < -0.4 is 10.1 Å². The van der Waals surface area contributed by atoms with Gasteiger partial charge in [-0.2, -0.15) is 0 Å². The van der Waals surface area contributed by atoms with E-state index in [2.05, 4.69) is 15.5 Å². The van der Waals surface area contributed by atoms with Gasteiger partial charge in [-0.15, -0.1) is 10.2 Å². The predicted octanol–water partition coefficient (Wildman–Crippen LogP) is 3.28. The molecule has 0 saturated heterocycles. The van der Waals surface area contributed by atoms with Gasteiger partial charge in [0.1, 0.15) is 0 Å². The van der Waals surface area contributed by atoms with E-state index in [-0.39, 0.29) is 11.6 Å². The van der Waals surface area contributed by atoms with Crippen molar-refractivity contribution in [1.29, 1.82) is 0 Å². The van der Waals surface area contributed by atoms with Crippen LogP contribution in [0.15, 0.2) is 54.6 Å². The van der Waals surface area contributed by atoms with E-state index in [1.807, 2.05) is 49.4 Å². The normalized spacial score (nSPS) is 10.4. The van der Waals surface area contributed by atoms with E-state index < -0.39 is 0 Å². The summed E-state index contributed by atoms with van der Waals surface area (Å²) < 4.78 is 5.21. The van der Waals surface area contributed by atoms with E-state index in [0.29, 0.717) is 12.5 Å². The number of carbonyl (C=O) groups is 1. The van der Waals surface area contributed by atoms with Crippen molar-refractivity contribution in [3.8, 4) is 5.88 Å². The summed E-state index contributed by atoms with van der Waals surface area (Å²) in [7, 11) is 0. The molecule has 2 aromatic carbocycles. The van der Waals surface area contributed by atoms with Crippen LogP contribution in [-0.4, -0.2) is 22.7 Å². The standard InChI is InChI=1S/C17H15N3O2/c1-2-22-16-11-10-15(19-20-16)17(21)18-14-9-5-7-12-6-3-4-8-13(12)14/h3-11H,2H2,1H3,(H,18,21). The Labute approximate surface area is 127 Å². The van der Waals surface area contributed by atoms with Gasteiger partial charge in [0, 0.05) is 17.1 Å². The lowest BCUT2D eigenvalue weighted by Crippen LogP contribution is -2.14. The van der Waals surface area contributed by atoms with Crippen molar-refractivity contribution < 1.29 is 9.53 Å². The Morgan fingerprint density at radius 1 is 1.05 bits per heavy atom. The molecular weight excluding hydrogens is 278 g/mol. The third kappa shape index (κ3) is 2.88. The Balaban J connectivity index is 1.83. The van der Waals surface area contributed by atoms with E-state index in [4.69, 9.17) is 4.74 Å². The molecule has 1 N–H and O–H groups in total. The monoisotopic (exact) mass is 293 g/mol. The molecule has 0 atom stereocenters. The molecule has 0 spiro atoms. The average Bonchev–Trinajstić information content (AvgIpc) is 2.56. The highest BCUT2D eigenvalue weighted by Crippen LogP contribution is 2.23. The Bertz CT molecular complexity index is 795. The highest BCUT2D eigenvalue weighted by Gasteiger charge is 2.10. The van der Waals surface area contributed by atoms with Crippen LogP contribution in [0.4, 0.5) is 5.69 Å². The molecule has 0 fully saturated rings. The Hall–Kier alpha value is -2.95. The van der Waals surface area contributed by atoms with Crippen LogP contribution in [0.1, 0.15) is 17.4 Å². The second kappa shape index (κ2) is 6.22. The molecule has 3 aromatic rings. The molecule has 1 aromatic heterocycles. The zero-order valence-corrected chi connectivity index (χ0v) is 12.1. The van der Waals surface area contributed by atoms with Gasteiger partial charge in [0.2, 0.25) is 5.88 Å². The summed E-state index contributed by atoms with van der Waals surface area (Å²) in [5.74, 6) is 0.108. The molecule has 0 aliphatic rings. The second-order valence-electron chi connectivity index (χ2n) is 4.67. The molecule has 5 heteroatoms. The summed E-state index contributed by atoms with van der Waals surface area (Å²) in [6, 6.07) is 16.9. The summed E-state index contributed by atoms with van der Waals surface area (Å²) in [4.78, 5) is 12.3. The van der Waals surface area contributed by atoms with Gasteiger partial charge < -0.3 is 10.1 Å². The van der Waals surface area contributed by atoms with Gasteiger partial charge in [-0.3, -0.25) is 4.79 Å². The van der Waals surface area contributed by atoms with Crippen molar-refractivity contribution in [2.24, 2.45) is 0 Å². The Morgan fingerprint density at radius 2 is 1.86 bits per heavy atom. The van der Waals surface area contributed by atoms with E-state index in [0.717, 1.165) is 16.5 Å². The Kier molecular flexibility index (Phi) is 3.96. The molecule has 0 unspecified atom stereocenters. The highest BCUT2D eigenvalue weighted by atomic mass is 16.5. The first-order chi connectivity index (χ1) is 10.8. The van der Waals surface area contributed by atoms with Crippen molar-refractivity contribution >= 4 is 22.4 Å². The highest BCUT2D eigenvalue weighted by molar-refractivity contribution is 6.08. The third-order valence-corrected chi connectivity index (χ3v) is 3.20. The van der Waals surface area contributed by atoms with Gasteiger partial charge >= 0.3 is 0 Å². The molecule has 3 rings (SSSR count). The first-order valence-electron chi connectivity index (χ1n) is 7.03. The van der Waals surface area contributed by atoms with E-state index >= 15 is 0 Å². The summed E-state index contributed by atoms with van der Waals surface area (Å²) in [6.07, 6.45) is 0. The van der Waals surface area contributed by atoms with Crippen LogP contribution in [-0.2, 0) is 0 Å². The average molecular weight is 293 g/mol. The topological polar surface area (TPSA) is 64.1 Å². The first-order valence-corrected chi connectivity index (χ1v) is 7.03. The summed E-state index contributed by atoms with van der Waals surface area (Å²) in [6.45, 7) is 2.37. The van der Waals surface area contributed by atoms with Gasteiger partial charge in [0.15, 0.2) is 5.69 Å². The molecule has 0 aliphatic heterocycles. The second-order valence-corrected chi connectivity index (χ2v) is 4.67. The number of nitrogens with one attached hydrogen (secondary N) is 1. The number of rotatable bonds is 4. The summed E-state index contributed by atoms with van der Waals surface area (Å²) in [5, 5.41) is 12.7. The predicted molar refractivity (Wildman–Crippen MR) is 85.1 cm³/mol. The lowest BCUT2D eigenvalue weighted by Gasteiger charge is -2.08. The number of hydrogen-bond acceptors (Lipinski definition) is 4. The molecule has 110 valence electrons. The SMILES string of the molecule is CCOc1ccc(C(=O)Nc2cccc3ccccc23)nn1. The number of aromatic nitrogens is 2. The quantitative estimate of drug-likeness (QED) is 0.801. The molecule has 0 saturated carbocycles. The maximum atomic E-state index is 12.3. The number of fused-ring (bicyclic) bond motifs is 1. The van der Waals surface area contributed by atoms with Gasteiger partial charge in [-0.05, 0) is 24.4 Å². The van der Waals surface area contributed by atoms with E-state index in [1.54, 1.807) is 12.1 Å². The molecule has 1 heterocycles. The molecule has 0 aliphatic carbocycles. The smallest absolute Gasteiger partial charge is 0.276 e. The maximum absolute atomic E-state index is 12.3. The van der Waals surface area contributed by atoms with Crippen molar-refractivity contribution in [3.05, 3.63) is 60.3 Å². The number of nitrogens with zero attached hydrogens (tertiary/aromatic N) is 2. The fourth-order valence-electron chi connectivity index (χ4n) is 2.19. The number of benzene rings is 2. The minimum atomic E-state index is -0.299. The number of carbonyl (C=O) groups excluding carboxylic acids is 1. The molecule has 0 bridgehead atoms. The zero-order valence-electron chi connectivity index (χ0n) is 12.1. The van der Waals surface area contributed by atoms with E-state index in [1.165, 1.54) is 0 Å². The van der Waals surface area contributed by atoms with Crippen LogP contribution in [0.25, 0.3) is 10.8 Å². The van der Waals surface area contributed by atoms with Gasteiger partial charge in [0.05, 0.1) is 6.61 Å². The largest absolute Gasteiger partial charge is 0.477 e. The minimum Gasteiger partial charge on any atom is -0.477 e. The van der Waals surface area contributed by atoms with Crippen molar-refractivity contribution in [3.63, 3.8) is 0 Å². The first kappa shape index (κ1) is 14.0. The van der Waals surface area contributed by atoms with Crippen molar-refractivity contribution in [1.82, 2.24) is 10.2 Å². The van der Waals surface area contributed by atoms with Gasteiger partial charge in [0.25, 0.3) is 5.91 Å². The molecule has 1 amide bonds. The van der Waals surface area contributed by atoms with Crippen molar-refractivity contribution in [2.75, 3.05) is 11.9 Å². The maximum Gasteiger partial charge on any atom is 0.276 e. The number of ether oxygens (including phenoxy) is 1. The van der Waals surface area contributed by atoms with Gasteiger partial charge in [-0.25, -0.2) is 0 Å². The van der Waals surface area contributed by atoms with E-state index in [9.17, 15) is 4.79 Å². The minimum absolute atomic E-state index is 0.247. The number of hydrogen-bond donors (Lipinski definition) is 1. The number of anilines is 1. The fourth-order valence-corrected chi connectivity index (χ4v) is 2.19. The van der Waals surface area contributed by atoms with Crippen LogP contribution >= 0.6 is 0 Å². The van der Waals surface area contributed by atoms with Crippen LogP contribution in [0.3, 0.4) is 0 Å².